The minimum Gasteiger partial charge on any atom is -0.481 e. The second-order valence-corrected chi connectivity index (χ2v) is 4.54. The van der Waals surface area contributed by atoms with Gasteiger partial charge in [0.15, 0.2) is 0 Å². The molecule has 0 spiro atoms. The fourth-order valence-electron chi connectivity index (χ4n) is 2.18. The maximum Gasteiger partial charge on any atom is 0.312 e. The van der Waals surface area contributed by atoms with Crippen LogP contribution in [0.2, 0.25) is 0 Å². The molecule has 1 aliphatic rings. The Labute approximate surface area is 97.1 Å². The minimum absolute atomic E-state index is 0.532. The number of carbonyl (C=O) groups is 1. The Morgan fingerprint density at radius 1 is 1.47 bits per heavy atom. The molecule has 1 aliphatic carbocycles. The molecule has 0 radical (unpaired) electrons. The van der Waals surface area contributed by atoms with Crippen LogP contribution in [0.3, 0.4) is 0 Å². The Kier molecular flexibility index (Phi) is 2.00. The molecule has 1 aromatic carbocycles. The molecule has 1 heterocycles. The number of aromatic amines is 1. The first kappa shape index (κ1) is 10.3. The lowest BCUT2D eigenvalue weighted by Crippen LogP contribution is -2.23. The molecule has 1 atom stereocenters. The number of H-pyrrole nitrogens is 1. The summed E-state index contributed by atoms with van der Waals surface area (Å²) in [6, 6.07) is 5.27. The Balaban J connectivity index is 2.00. The van der Waals surface area contributed by atoms with Gasteiger partial charge in [0.05, 0.1) is 28.9 Å². The summed E-state index contributed by atoms with van der Waals surface area (Å²) < 4.78 is 0. The molecular formula is C12H12N2O3. The van der Waals surface area contributed by atoms with Crippen molar-refractivity contribution in [3.05, 3.63) is 30.1 Å². The molecule has 1 fully saturated rings. The Morgan fingerprint density at radius 2 is 2.24 bits per heavy atom. The van der Waals surface area contributed by atoms with Gasteiger partial charge in [0.25, 0.3) is 0 Å². The lowest BCUT2D eigenvalue weighted by atomic mass is 9.93. The number of fused-ring (bicyclic) bond motifs is 1. The molecule has 0 saturated heterocycles. The molecule has 5 heteroatoms. The molecule has 1 unspecified atom stereocenters. The van der Waals surface area contributed by atoms with Gasteiger partial charge in [-0.3, -0.25) is 4.79 Å². The van der Waals surface area contributed by atoms with Gasteiger partial charge in [-0.25, -0.2) is 4.98 Å². The minimum atomic E-state index is -0.978. The molecule has 0 amide bonds. The zero-order valence-electron chi connectivity index (χ0n) is 9.05. The van der Waals surface area contributed by atoms with E-state index in [1.807, 2.05) is 0 Å². The van der Waals surface area contributed by atoms with Gasteiger partial charge in [-0.2, -0.15) is 0 Å². The zero-order valence-corrected chi connectivity index (χ0v) is 9.05. The molecular weight excluding hydrogens is 220 g/mol. The van der Waals surface area contributed by atoms with Crippen LogP contribution in [0.15, 0.2) is 24.5 Å². The number of carboxylic acid groups (broad SMARTS) is 1. The van der Waals surface area contributed by atoms with Crippen molar-refractivity contribution in [2.24, 2.45) is 5.41 Å². The van der Waals surface area contributed by atoms with Gasteiger partial charge in [-0.05, 0) is 30.5 Å². The molecule has 0 aliphatic heterocycles. The second kappa shape index (κ2) is 3.30. The third-order valence-corrected chi connectivity index (χ3v) is 3.50. The van der Waals surface area contributed by atoms with E-state index in [1.165, 1.54) is 0 Å². The molecule has 3 N–H and O–H groups in total. The highest BCUT2D eigenvalue weighted by molar-refractivity contribution is 5.80. The summed E-state index contributed by atoms with van der Waals surface area (Å²) in [6.07, 6.45) is 1.69. The number of nitrogens with zero attached hydrogens (tertiary/aromatic N) is 1. The first-order chi connectivity index (χ1) is 8.13. The number of hydrogen-bond donors (Lipinski definition) is 3. The third kappa shape index (κ3) is 1.43. The second-order valence-electron chi connectivity index (χ2n) is 4.54. The number of imidazole rings is 1. The van der Waals surface area contributed by atoms with Gasteiger partial charge in [0.1, 0.15) is 0 Å². The lowest BCUT2D eigenvalue weighted by molar-refractivity contribution is -0.148. The van der Waals surface area contributed by atoms with Crippen molar-refractivity contribution in [1.82, 2.24) is 9.97 Å². The Morgan fingerprint density at radius 3 is 2.88 bits per heavy atom. The summed E-state index contributed by atoms with van der Waals surface area (Å²) in [5.74, 6) is -0.922. The number of aliphatic carboxylic acids is 1. The number of nitrogens with one attached hydrogen (secondary N) is 1. The Hall–Kier alpha value is -1.88. The number of aliphatic hydroxyl groups is 1. The van der Waals surface area contributed by atoms with E-state index in [-0.39, 0.29) is 0 Å². The predicted octanol–water partition coefficient (Wildman–Crippen LogP) is 1.46. The molecule has 2 aromatic rings. The number of benzene rings is 1. The van der Waals surface area contributed by atoms with Crippen LogP contribution in [-0.4, -0.2) is 26.2 Å². The average molecular weight is 232 g/mol. The van der Waals surface area contributed by atoms with Crippen LogP contribution >= 0.6 is 0 Å². The van der Waals surface area contributed by atoms with Crippen LogP contribution in [0.1, 0.15) is 24.5 Å². The predicted molar refractivity (Wildman–Crippen MR) is 60.4 cm³/mol. The molecule has 0 bridgehead atoms. The molecule has 1 aromatic heterocycles. The number of rotatable bonds is 3. The normalized spacial score (nSPS) is 19.1. The molecule has 5 nitrogen and oxygen atoms in total. The van der Waals surface area contributed by atoms with Gasteiger partial charge in [0, 0.05) is 0 Å². The lowest BCUT2D eigenvalue weighted by Gasteiger charge is -2.18. The van der Waals surface area contributed by atoms with Gasteiger partial charge < -0.3 is 15.2 Å². The number of carboxylic acids is 1. The van der Waals surface area contributed by atoms with Crippen LogP contribution in [0.25, 0.3) is 11.0 Å². The summed E-state index contributed by atoms with van der Waals surface area (Å²) in [5.41, 5.74) is 1.26. The summed E-state index contributed by atoms with van der Waals surface area (Å²) in [5, 5.41) is 19.3. The maximum atomic E-state index is 11.1. The SMILES string of the molecule is O=C(O)C1(C(O)c2ccc3nc[nH]c3c2)CC1. The van der Waals surface area contributed by atoms with E-state index < -0.39 is 17.5 Å². The van der Waals surface area contributed by atoms with Gasteiger partial charge >= 0.3 is 5.97 Å². The van der Waals surface area contributed by atoms with Crippen molar-refractivity contribution in [3.8, 4) is 0 Å². The first-order valence-corrected chi connectivity index (χ1v) is 5.48. The largest absolute Gasteiger partial charge is 0.481 e. The summed E-state index contributed by atoms with van der Waals surface area (Å²) in [7, 11) is 0. The van der Waals surface area contributed by atoms with Crippen LogP contribution in [0, 0.1) is 5.41 Å². The zero-order chi connectivity index (χ0) is 12.0. The van der Waals surface area contributed by atoms with Crippen molar-refractivity contribution >= 4 is 17.0 Å². The highest BCUT2D eigenvalue weighted by atomic mass is 16.4. The monoisotopic (exact) mass is 232 g/mol. The van der Waals surface area contributed by atoms with E-state index in [0.717, 1.165) is 11.0 Å². The number of hydrogen-bond acceptors (Lipinski definition) is 3. The van der Waals surface area contributed by atoms with Crippen molar-refractivity contribution < 1.29 is 15.0 Å². The Bertz CT molecular complexity index is 586. The maximum absolute atomic E-state index is 11.1. The van der Waals surface area contributed by atoms with E-state index in [4.69, 9.17) is 5.11 Å². The van der Waals surface area contributed by atoms with Gasteiger partial charge in [-0.15, -0.1) is 0 Å². The molecule has 88 valence electrons. The van der Waals surface area contributed by atoms with Crippen LogP contribution in [0.5, 0.6) is 0 Å². The van der Waals surface area contributed by atoms with Crippen molar-refractivity contribution in [1.29, 1.82) is 0 Å². The van der Waals surface area contributed by atoms with E-state index in [1.54, 1.807) is 24.5 Å². The van der Waals surface area contributed by atoms with Gasteiger partial charge in [-0.1, -0.05) is 6.07 Å². The van der Waals surface area contributed by atoms with E-state index in [9.17, 15) is 9.90 Å². The summed E-state index contributed by atoms with van der Waals surface area (Å²) >= 11 is 0. The first-order valence-electron chi connectivity index (χ1n) is 5.48. The van der Waals surface area contributed by atoms with Crippen molar-refractivity contribution in [3.63, 3.8) is 0 Å². The van der Waals surface area contributed by atoms with E-state index in [0.29, 0.717) is 18.4 Å². The standard InChI is InChI=1S/C12H12N2O3/c15-10(12(3-4-12)11(16)17)7-1-2-8-9(5-7)14-6-13-8/h1-2,5-6,10,15H,3-4H2,(H,13,14)(H,16,17). The van der Waals surface area contributed by atoms with Crippen LogP contribution < -0.4 is 0 Å². The molecule has 3 rings (SSSR count). The highest BCUT2D eigenvalue weighted by Crippen LogP contribution is 2.55. The van der Waals surface area contributed by atoms with Gasteiger partial charge in [0.2, 0.25) is 0 Å². The molecule has 17 heavy (non-hydrogen) atoms. The topological polar surface area (TPSA) is 86.2 Å². The quantitative estimate of drug-likeness (QED) is 0.747. The molecule has 1 saturated carbocycles. The fourth-order valence-corrected chi connectivity index (χ4v) is 2.18. The van der Waals surface area contributed by atoms with E-state index in [2.05, 4.69) is 9.97 Å². The third-order valence-electron chi connectivity index (χ3n) is 3.50. The van der Waals surface area contributed by atoms with Crippen molar-refractivity contribution in [2.45, 2.75) is 18.9 Å². The van der Waals surface area contributed by atoms with Crippen LogP contribution in [0.4, 0.5) is 0 Å². The van der Waals surface area contributed by atoms with E-state index >= 15 is 0 Å². The smallest absolute Gasteiger partial charge is 0.312 e. The highest BCUT2D eigenvalue weighted by Gasteiger charge is 2.56. The van der Waals surface area contributed by atoms with Crippen molar-refractivity contribution in [2.75, 3.05) is 0 Å². The summed E-state index contributed by atoms with van der Waals surface area (Å²) in [4.78, 5) is 18.2. The summed E-state index contributed by atoms with van der Waals surface area (Å²) in [6.45, 7) is 0. The average Bonchev–Trinajstić information content (AvgIpc) is 3.00. The van der Waals surface area contributed by atoms with Crippen LogP contribution in [-0.2, 0) is 4.79 Å². The number of aliphatic hydroxyl groups excluding tert-OH is 1. The fraction of sp³-hybridized carbons (Fsp3) is 0.333. The number of aromatic nitrogens is 2.